The van der Waals surface area contributed by atoms with Crippen LogP contribution in [0.15, 0.2) is 121 Å². The molecular weight excluding hydrogens is 808 g/mol. The highest BCUT2D eigenvalue weighted by Crippen LogP contribution is 2.63. The number of aromatic nitrogens is 1. The lowest BCUT2D eigenvalue weighted by Crippen LogP contribution is -2.53. The first-order valence-electron chi connectivity index (χ1n) is 25.4. The molecule has 3 heterocycles. The molecule has 0 bridgehead atoms. The topological polar surface area (TPSA) is 8.17 Å². The summed E-state index contributed by atoms with van der Waals surface area (Å²) in [6.07, 6.45) is 4.77. The van der Waals surface area contributed by atoms with Crippen molar-refractivity contribution in [3.05, 3.63) is 165 Å². The molecule has 0 radical (unpaired) electrons. The van der Waals surface area contributed by atoms with E-state index in [0.29, 0.717) is 0 Å². The first-order valence-corrected chi connectivity index (χ1v) is 25.4. The van der Waals surface area contributed by atoms with E-state index in [2.05, 4.69) is 208 Å². The Kier molecular flexibility index (Phi) is 7.37. The molecule has 0 fully saturated rings. The SMILES string of the molecule is CC1(C)CCC(C)(C)c2cc(N3C4=C(B5c6c3cc3c(c6-c6cccc7c8cc9ccccc9cc8n5c67)C(C)(C)c5ccccc5-3)C(C)(C)c3cc5c(cc34)C(C)(C)CCC5(C)C)ccc21. The van der Waals surface area contributed by atoms with Gasteiger partial charge in [0, 0.05) is 60.8 Å². The molecule has 6 aliphatic rings. The van der Waals surface area contributed by atoms with Gasteiger partial charge in [-0.05, 0) is 161 Å². The zero-order chi connectivity index (χ0) is 46.3. The van der Waals surface area contributed by atoms with Crippen LogP contribution in [0.2, 0.25) is 0 Å². The Balaban J connectivity index is 1.19. The van der Waals surface area contributed by atoms with Gasteiger partial charge in [-0.25, -0.2) is 0 Å². The summed E-state index contributed by atoms with van der Waals surface area (Å²) in [6, 6.07) is 46.3. The molecule has 0 spiro atoms. The third-order valence-electron chi connectivity index (χ3n) is 19.0. The molecule has 2 aliphatic heterocycles. The first-order chi connectivity index (χ1) is 31.7. The van der Waals surface area contributed by atoms with Crippen molar-refractivity contribution in [2.75, 3.05) is 4.90 Å². The molecule has 4 aliphatic carbocycles. The molecule has 2 nitrogen and oxygen atoms in total. The van der Waals surface area contributed by atoms with E-state index in [0.717, 1.165) is 0 Å². The molecule has 7 aromatic carbocycles. The van der Waals surface area contributed by atoms with Crippen LogP contribution in [0.1, 0.15) is 153 Å². The summed E-state index contributed by atoms with van der Waals surface area (Å²) in [4.78, 5) is 2.81. The molecule has 0 atom stereocenters. The first kappa shape index (κ1) is 40.3. The number of hydrogen-bond donors (Lipinski definition) is 0. The van der Waals surface area contributed by atoms with E-state index in [1.165, 1.54) is 147 Å². The van der Waals surface area contributed by atoms with E-state index in [-0.39, 0.29) is 39.3 Å². The third kappa shape index (κ3) is 4.84. The van der Waals surface area contributed by atoms with Gasteiger partial charge in [0.2, 0.25) is 0 Å². The molecular formula is C64H63BN2. The lowest BCUT2D eigenvalue weighted by Gasteiger charge is -2.45. The maximum absolute atomic E-state index is 2.84. The standard InChI is InChI=1S/C64H63BN2/c1-59(2)26-27-60(3,4)48-32-38(24-25-46(48)59)66-52-34-43-39-20-15-16-23-45(39)63(9,10)54(43)53-41-22-17-21-40-42-30-36-18-13-14-19-37(36)31-51(42)67(56(40)41)65(55(52)53)58-57(66)44-33-49-50(35-47(44)64(58,11)12)62(7,8)29-28-61(49,5)6/h13-25,30-35H,26-29H2,1-12H3. The fourth-order valence-electron chi connectivity index (χ4n) is 15.1. The van der Waals surface area contributed by atoms with Crippen LogP contribution in [-0.4, -0.2) is 11.3 Å². The van der Waals surface area contributed by atoms with Crippen LogP contribution in [-0.2, 0) is 32.5 Å². The number of anilines is 2. The molecule has 8 aromatic rings. The van der Waals surface area contributed by atoms with Crippen LogP contribution >= 0.6 is 0 Å². The van der Waals surface area contributed by atoms with Crippen LogP contribution in [0.5, 0.6) is 0 Å². The minimum Gasteiger partial charge on any atom is -0.376 e. The van der Waals surface area contributed by atoms with Crippen molar-refractivity contribution in [1.82, 2.24) is 4.48 Å². The molecule has 0 amide bonds. The Hall–Kier alpha value is -5.80. The maximum atomic E-state index is 2.84. The number of allylic oxidation sites excluding steroid dienone is 1. The summed E-state index contributed by atoms with van der Waals surface area (Å²) in [5, 5.41) is 5.30. The number of hydrogen-bond acceptors (Lipinski definition) is 1. The zero-order valence-electron chi connectivity index (χ0n) is 41.8. The molecule has 3 heteroatoms. The average molecular weight is 871 g/mol. The molecule has 67 heavy (non-hydrogen) atoms. The summed E-state index contributed by atoms with van der Waals surface area (Å²) >= 11 is 0. The highest BCUT2D eigenvalue weighted by atomic mass is 15.2. The minimum atomic E-state index is -0.283. The van der Waals surface area contributed by atoms with Crippen LogP contribution in [0.4, 0.5) is 11.4 Å². The Morgan fingerprint density at radius 3 is 1.78 bits per heavy atom. The molecule has 14 rings (SSSR count). The monoisotopic (exact) mass is 871 g/mol. The van der Waals surface area contributed by atoms with Gasteiger partial charge in [-0.1, -0.05) is 162 Å². The molecule has 332 valence electrons. The van der Waals surface area contributed by atoms with Crippen LogP contribution in [0.25, 0.3) is 60.5 Å². The van der Waals surface area contributed by atoms with Crippen LogP contribution < -0.4 is 10.4 Å². The van der Waals surface area contributed by atoms with Crippen molar-refractivity contribution in [3.63, 3.8) is 0 Å². The van der Waals surface area contributed by atoms with Gasteiger partial charge in [0.15, 0.2) is 0 Å². The summed E-state index contributed by atoms with van der Waals surface area (Å²) in [5.41, 5.74) is 27.1. The predicted octanol–water partition coefficient (Wildman–Crippen LogP) is 16.1. The highest BCUT2D eigenvalue weighted by Gasteiger charge is 2.56. The van der Waals surface area contributed by atoms with Gasteiger partial charge in [-0.3, -0.25) is 0 Å². The molecule has 0 saturated heterocycles. The maximum Gasteiger partial charge on any atom is 0.329 e. The predicted molar refractivity (Wildman–Crippen MR) is 286 cm³/mol. The normalized spacial score (nSPS) is 20.9. The molecule has 0 N–H and O–H groups in total. The van der Waals surface area contributed by atoms with Gasteiger partial charge in [0.25, 0.3) is 0 Å². The minimum absolute atomic E-state index is 0.0226. The molecule has 1 aromatic heterocycles. The summed E-state index contributed by atoms with van der Waals surface area (Å²) in [7, 11) is 0. The van der Waals surface area contributed by atoms with Crippen molar-refractivity contribution in [3.8, 4) is 22.3 Å². The number of para-hydroxylation sites is 1. The third-order valence-corrected chi connectivity index (χ3v) is 19.0. The van der Waals surface area contributed by atoms with Crippen molar-refractivity contribution in [2.24, 2.45) is 0 Å². The van der Waals surface area contributed by atoms with Crippen molar-refractivity contribution >= 4 is 62.0 Å². The fourth-order valence-corrected chi connectivity index (χ4v) is 15.1. The van der Waals surface area contributed by atoms with Crippen molar-refractivity contribution in [2.45, 2.75) is 141 Å². The van der Waals surface area contributed by atoms with E-state index in [1.54, 1.807) is 5.56 Å². The fraction of sp³-hybridized carbons (Fsp3) is 0.344. The van der Waals surface area contributed by atoms with Gasteiger partial charge in [0.05, 0.1) is 0 Å². The van der Waals surface area contributed by atoms with Gasteiger partial charge in [0.1, 0.15) is 0 Å². The van der Waals surface area contributed by atoms with Crippen molar-refractivity contribution in [1.29, 1.82) is 0 Å². The lowest BCUT2D eigenvalue weighted by molar-refractivity contribution is 0.331. The number of benzene rings is 7. The number of fused-ring (bicyclic) bond motifs is 15. The largest absolute Gasteiger partial charge is 0.376 e. The summed E-state index contributed by atoms with van der Waals surface area (Å²) in [5.74, 6) is 0. The summed E-state index contributed by atoms with van der Waals surface area (Å²) < 4.78 is 2.84. The van der Waals surface area contributed by atoms with E-state index in [4.69, 9.17) is 0 Å². The zero-order valence-corrected chi connectivity index (χ0v) is 41.8. The number of rotatable bonds is 1. The Labute approximate surface area is 398 Å². The Bertz CT molecular complexity index is 3650. The Morgan fingerprint density at radius 2 is 1.06 bits per heavy atom. The van der Waals surface area contributed by atoms with E-state index in [1.807, 2.05) is 0 Å². The van der Waals surface area contributed by atoms with Gasteiger partial charge in [-0.15, -0.1) is 0 Å². The van der Waals surface area contributed by atoms with Gasteiger partial charge >= 0.3 is 6.85 Å². The van der Waals surface area contributed by atoms with E-state index >= 15 is 0 Å². The van der Waals surface area contributed by atoms with Crippen LogP contribution in [0.3, 0.4) is 0 Å². The number of nitrogens with zero attached hydrogens (tertiary/aromatic N) is 2. The van der Waals surface area contributed by atoms with Crippen LogP contribution in [0, 0.1) is 0 Å². The smallest absolute Gasteiger partial charge is 0.329 e. The van der Waals surface area contributed by atoms with E-state index < -0.39 is 0 Å². The summed E-state index contributed by atoms with van der Waals surface area (Å²) in [6.45, 7) is 30.0. The molecule has 0 unspecified atom stereocenters. The Morgan fingerprint density at radius 1 is 0.448 bits per heavy atom. The second kappa shape index (κ2) is 12.3. The van der Waals surface area contributed by atoms with Gasteiger partial charge < -0.3 is 9.38 Å². The molecule has 0 saturated carbocycles. The average Bonchev–Trinajstić information content (AvgIpc) is 3.83. The quantitative estimate of drug-likeness (QED) is 0.149. The second-order valence-electron chi connectivity index (χ2n) is 25.4. The highest BCUT2D eigenvalue weighted by molar-refractivity contribution is 6.86. The van der Waals surface area contributed by atoms with E-state index in [9.17, 15) is 0 Å². The van der Waals surface area contributed by atoms with Crippen molar-refractivity contribution < 1.29 is 0 Å². The van der Waals surface area contributed by atoms with Gasteiger partial charge in [-0.2, -0.15) is 0 Å². The second-order valence-corrected chi connectivity index (χ2v) is 25.4. The lowest BCUT2D eigenvalue weighted by atomic mass is 9.40.